The summed E-state index contributed by atoms with van der Waals surface area (Å²) in [5.41, 5.74) is 2.25. The standard InChI is InChI=1S/C18H20FNO2/c1-3-22-17-12-13(2)8-10-16(17)20-18(21)11-9-14-6-4-5-7-15(14)19/h4-8,10,12H,3,9,11H2,1-2H3,(H,20,21). The number of nitrogens with one attached hydrogen (secondary N) is 1. The first-order valence-corrected chi connectivity index (χ1v) is 7.37. The van der Waals surface area contributed by atoms with Gasteiger partial charge in [-0.2, -0.15) is 0 Å². The van der Waals surface area contributed by atoms with E-state index in [0.717, 1.165) is 5.56 Å². The Labute approximate surface area is 130 Å². The molecule has 0 atom stereocenters. The molecular formula is C18H20FNO2. The van der Waals surface area contributed by atoms with E-state index < -0.39 is 0 Å². The van der Waals surface area contributed by atoms with Crippen LogP contribution in [0, 0.1) is 12.7 Å². The van der Waals surface area contributed by atoms with Crippen LogP contribution >= 0.6 is 0 Å². The molecule has 0 fully saturated rings. The van der Waals surface area contributed by atoms with Crippen molar-refractivity contribution in [2.45, 2.75) is 26.7 Å². The molecule has 0 saturated heterocycles. The Hall–Kier alpha value is -2.36. The average Bonchev–Trinajstić information content (AvgIpc) is 2.49. The molecule has 3 nitrogen and oxygen atoms in total. The van der Waals surface area contributed by atoms with Crippen molar-refractivity contribution in [2.24, 2.45) is 0 Å². The molecule has 0 aromatic heterocycles. The lowest BCUT2D eigenvalue weighted by atomic mass is 10.1. The molecule has 0 bridgehead atoms. The summed E-state index contributed by atoms with van der Waals surface area (Å²) in [5, 5.41) is 2.83. The molecule has 0 heterocycles. The molecule has 2 rings (SSSR count). The second-order valence-corrected chi connectivity index (χ2v) is 5.07. The summed E-state index contributed by atoms with van der Waals surface area (Å²) in [4.78, 5) is 12.0. The number of hydrogen-bond donors (Lipinski definition) is 1. The second kappa shape index (κ2) is 7.59. The number of benzene rings is 2. The van der Waals surface area contributed by atoms with Crippen LogP contribution < -0.4 is 10.1 Å². The van der Waals surface area contributed by atoms with Crippen LogP contribution in [0.5, 0.6) is 5.75 Å². The van der Waals surface area contributed by atoms with Crippen molar-refractivity contribution in [3.05, 3.63) is 59.4 Å². The molecule has 0 aliphatic rings. The first-order chi connectivity index (χ1) is 10.6. The first kappa shape index (κ1) is 16.0. The Bertz CT molecular complexity index is 655. The summed E-state index contributed by atoms with van der Waals surface area (Å²) in [6, 6.07) is 12.1. The monoisotopic (exact) mass is 301 g/mol. The lowest BCUT2D eigenvalue weighted by Gasteiger charge is -2.12. The molecule has 1 amide bonds. The fourth-order valence-corrected chi connectivity index (χ4v) is 2.17. The number of amides is 1. The molecule has 0 saturated carbocycles. The minimum atomic E-state index is -0.277. The normalized spacial score (nSPS) is 10.3. The van der Waals surface area contributed by atoms with E-state index in [1.165, 1.54) is 6.07 Å². The van der Waals surface area contributed by atoms with Gasteiger partial charge in [0.1, 0.15) is 11.6 Å². The van der Waals surface area contributed by atoms with Gasteiger partial charge in [0.15, 0.2) is 0 Å². The summed E-state index contributed by atoms with van der Waals surface area (Å²) < 4.78 is 19.1. The van der Waals surface area contributed by atoms with Crippen molar-refractivity contribution in [1.29, 1.82) is 0 Å². The third-order valence-electron chi connectivity index (χ3n) is 3.29. The van der Waals surface area contributed by atoms with E-state index in [-0.39, 0.29) is 18.1 Å². The minimum Gasteiger partial charge on any atom is -0.492 e. The minimum absolute atomic E-state index is 0.159. The maximum Gasteiger partial charge on any atom is 0.224 e. The quantitative estimate of drug-likeness (QED) is 0.872. The molecule has 0 aliphatic heterocycles. The van der Waals surface area contributed by atoms with Crippen LogP contribution in [0.15, 0.2) is 42.5 Å². The summed E-state index contributed by atoms with van der Waals surface area (Å²) in [7, 11) is 0. The number of anilines is 1. The predicted molar refractivity (Wildman–Crippen MR) is 85.7 cm³/mol. The van der Waals surface area contributed by atoms with E-state index in [4.69, 9.17) is 4.74 Å². The van der Waals surface area contributed by atoms with Gasteiger partial charge < -0.3 is 10.1 Å². The van der Waals surface area contributed by atoms with E-state index in [1.807, 2.05) is 32.0 Å². The van der Waals surface area contributed by atoms with E-state index in [9.17, 15) is 9.18 Å². The van der Waals surface area contributed by atoms with Crippen LogP contribution in [-0.4, -0.2) is 12.5 Å². The maximum absolute atomic E-state index is 13.5. The van der Waals surface area contributed by atoms with E-state index in [1.54, 1.807) is 18.2 Å². The van der Waals surface area contributed by atoms with Gasteiger partial charge in [0.25, 0.3) is 0 Å². The number of carbonyl (C=O) groups is 1. The summed E-state index contributed by atoms with van der Waals surface area (Å²) in [6.45, 7) is 4.39. The molecular weight excluding hydrogens is 281 g/mol. The SMILES string of the molecule is CCOc1cc(C)ccc1NC(=O)CCc1ccccc1F. The third-order valence-corrected chi connectivity index (χ3v) is 3.29. The van der Waals surface area contributed by atoms with Crippen molar-refractivity contribution in [3.63, 3.8) is 0 Å². The van der Waals surface area contributed by atoms with E-state index in [0.29, 0.717) is 30.0 Å². The Morgan fingerprint density at radius 3 is 2.73 bits per heavy atom. The van der Waals surface area contributed by atoms with Crippen molar-refractivity contribution >= 4 is 11.6 Å². The molecule has 22 heavy (non-hydrogen) atoms. The van der Waals surface area contributed by atoms with Gasteiger partial charge in [-0.3, -0.25) is 4.79 Å². The zero-order chi connectivity index (χ0) is 15.9. The third kappa shape index (κ3) is 4.32. The summed E-state index contributed by atoms with van der Waals surface area (Å²) in [5.74, 6) is 0.218. The predicted octanol–water partition coefficient (Wildman–Crippen LogP) is 4.10. The zero-order valence-corrected chi connectivity index (χ0v) is 12.9. The summed E-state index contributed by atoms with van der Waals surface area (Å²) >= 11 is 0. The highest BCUT2D eigenvalue weighted by Gasteiger charge is 2.09. The summed E-state index contributed by atoms with van der Waals surface area (Å²) in [6.07, 6.45) is 0.592. The Morgan fingerprint density at radius 1 is 1.23 bits per heavy atom. The highest BCUT2D eigenvalue weighted by molar-refractivity contribution is 5.92. The van der Waals surface area contributed by atoms with Gasteiger partial charge in [0, 0.05) is 6.42 Å². The topological polar surface area (TPSA) is 38.3 Å². The van der Waals surface area contributed by atoms with E-state index >= 15 is 0 Å². The Kier molecular flexibility index (Phi) is 5.53. The molecule has 0 radical (unpaired) electrons. The zero-order valence-electron chi connectivity index (χ0n) is 12.9. The highest BCUT2D eigenvalue weighted by atomic mass is 19.1. The Balaban J connectivity index is 1.99. The average molecular weight is 301 g/mol. The van der Waals surface area contributed by atoms with Crippen LogP contribution in [0.1, 0.15) is 24.5 Å². The van der Waals surface area contributed by atoms with Gasteiger partial charge in [-0.15, -0.1) is 0 Å². The molecule has 2 aromatic rings. The smallest absolute Gasteiger partial charge is 0.224 e. The van der Waals surface area contributed by atoms with Crippen LogP contribution in [0.3, 0.4) is 0 Å². The number of carbonyl (C=O) groups excluding carboxylic acids is 1. The number of ether oxygens (including phenoxy) is 1. The highest BCUT2D eigenvalue weighted by Crippen LogP contribution is 2.26. The molecule has 2 aromatic carbocycles. The van der Waals surface area contributed by atoms with Crippen molar-refractivity contribution in [2.75, 3.05) is 11.9 Å². The van der Waals surface area contributed by atoms with Crippen LogP contribution in [0.2, 0.25) is 0 Å². The van der Waals surface area contributed by atoms with Gasteiger partial charge in [-0.1, -0.05) is 24.3 Å². The molecule has 0 spiro atoms. The molecule has 0 aliphatic carbocycles. The lowest BCUT2D eigenvalue weighted by Crippen LogP contribution is -2.13. The van der Waals surface area contributed by atoms with Gasteiger partial charge in [0.05, 0.1) is 12.3 Å². The van der Waals surface area contributed by atoms with Gasteiger partial charge in [-0.05, 0) is 49.6 Å². The molecule has 4 heteroatoms. The molecule has 116 valence electrons. The van der Waals surface area contributed by atoms with Gasteiger partial charge in [0.2, 0.25) is 5.91 Å². The molecule has 1 N–H and O–H groups in total. The van der Waals surface area contributed by atoms with Crippen molar-refractivity contribution in [1.82, 2.24) is 0 Å². The maximum atomic E-state index is 13.5. The van der Waals surface area contributed by atoms with Crippen LogP contribution in [0.4, 0.5) is 10.1 Å². The second-order valence-electron chi connectivity index (χ2n) is 5.07. The number of hydrogen-bond acceptors (Lipinski definition) is 2. The molecule has 0 unspecified atom stereocenters. The van der Waals surface area contributed by atoms with Crippen LogP contribution in [-0.2, 0) is 11.2 Å². The fraction of sp³-hybridized carbons (Fsp3) is 0.278. The fourth-order valence-electron chi connectivity index (χ4n) is 2.17. The van der Waals surface area contributed by atoms with Crippen molar-refractivity contribution in [3.8, 4) is 5.75 Å². The first-order valence-electron chi connectivity index (χ1n) is 7.37. The Morgan fingerprint density at radius 2 is 2.00 bits per heavy atom. The number of aryl methyl sites for hydroxylation is 2. The number of halogens is 1. The van der Waals surface area contributed by atoms with Crippen molar-refractivity contribution < 1.29 is 13.9 Å². The number of rotatable bonds is 6. The largest absolute Gasteiger partial charge is 0.492 e. The van der Waals surface area contributed by atoms with Gasteiger partial charge >= 0.3 is 0 Å². The van der Waals surface area contributed by atoms with E-state index in [2.05, 4.69) is 5.32 Å². The van der Waals surface area contributed by atoms with Gasteiger partial charge in [-0.25, -0.2) is 4.39 Å². The van der Waals surface area contributed by atoms with Crippen LogP contribution in [0.25, 0.3) is 0 Å². The lowest BCUT2D eigenvalue weighted by molar-refractivity contribution is -0.116.